The predicted octanol–water partition coefficient (Wildman–Crippen LogP) is 3.56. The summed E-state index contributed by atoms with van der Waals surface area (Å²) in [5.41, 5.74) is 1.08. The molecule has 178 valence electrons. The third kappa shape index (κ3) is 5.60. The lowest BCUT2D eigenvalue weighted by Crippen LogP contribution is -2.16. The first-order valence-electron chi connectivity index (χ1n) is 10.7. The van der Waals surface area contributed by atoms with Crippen molar-refractivity contribution in [3.8, 4) is 12.0 Å². The van der Waals surface area contributed by atoms with Gasteiger partial charge in [0.25, 0.3) is 0 Å². The van der Waals surface area contributed by atoms with Crippen molar-refractivity contribution < 1.29 is 4.74 Å². The summed E-state index contributed by atoms with van der Waals surface area (Å²) in [6.45, 7) is 4.22. The number of anilines is 3. The zero-order chi connectivity index (χ0) is 24.6. The first-order valence-corrected chi connectivity index (χ1v) is 10.7. The van der Waals surface area contributed by atoms with Gasteiger partial charge in [-0.15, -0.1) is 15.3 Å². The summed E-state index contributed by atoms with van der Waals surface area (Å²) in [5, 5.41) is 28.8. The average molecular weight is 474 g/mol. The molecule has 4 aromatic heterocycles. The Morgan fingerprint density at radius 2 is 2.11 bits per heavy atom. The molecule has 0 aliphatic heterocycles. The molecular formula is C21H23N13O. The first kappa shape index (κ1) is 23.4. The number of H-pyrrole nitrogens is 1. The number of azo groups is 1. The van der Waals surface area contributed by atoms with Crippen LogP contribution >= 0.6 is 0 Å². The maximum absolute atomic E-state index is 9.54. The van der Waals surface area contributed by atoms with E-state index < -0.39 is 0 Å². The number of hydrogen-bond donors (Lipinski definition) is 3. The van der Waals surface area contributed by atoms with E-state index in [0.29, 0.717) is 34.9 Å². The van der Waals surface area contributed by atoms with Crippen molar-refractivity contribution in [2.45, 2.75) is 32.9 Å². The van der Waals surface area contributed by atoms with Gasteiger partial charge in [-0.2, -0.15) is 10.2 Å². The van der Waals surface area contributed by atoms with Gasteiger partial charge < -0.3 is 20.4 Å². The highest BCUT2D eigenvalue weighted by atomic mass is 16.5. The number of nitrogens with zero attached hydrogens (tertiary/aromatic N) is 10. The molecule has 0 radical (unpaired) electrons. The Balaban J connectivity index is 1.75. The van der Waals surface area contributed by atoms with E-state index in [4.69, 9.17) is 4.74 Å². The molecule has 4 heterocycles. The highest BCUT2D eigenvalue weighted by Crippen LogP contribution is 2.32. The minimum atomic E-state index is 0.0893. The van der Waals surface area contributed by atoms with Crippen LogP contribution in [0.25, 0.3) is 5.95 Å². The zero-order valence-electron chi connectivity index (χ0n) is 19.3. The second-order valence-corrected chi connectivity index (χ2v) is 7.33. The van der Waals surface area contributed by atoms with Gasteiger partial charge in [0, 0.05) is 37.9 Å². The maximum Gasteiger partial charge on any atom is 0.230 e. The van der Waals surface area contributed by atoms with Crippen LogP contribution < -0.4 is 10.6 Å². The Morgan fingerprint density at radius 3 is 2.80 bits per heavy atom. The molecule has 3 N–H and O–H groups in total. The molecule has 0 saturated heterocycles. The van der Waals surface area contributed by atoms with Gasteiger partial charge in [-0.05, 0) is 13.3 Å². The van der Waals surface area contributed by atoms with Gasteiger partial charge in [0.1, 0.15) is 17.3 Å². The second kappa shape index (κ2) is 10.9. The van der Waals surface area contributed by atoms with Crippen LogP contribution in [0.1, 0.15) is 31.5 Å². The molecular weight excluding hydrogens is 450 g/mol. The lowest BCUT2D eigenvalue weighted by Gasteiger charge is -2.16. The van der Waals surface area contributed by atoms with E-state index in [-0.39, 0.29) is 24.0 Å². The maximum atomic E-state index is 9.54. The minimum Gasteiger partial charge on any atom is -0.378 e. The van der Waals surface area contributed by atoms with E-state index in [1.54, 1.807) is 38.1 Å². The van der Waals surface area contributed by atoms with Crippen LogP contribution in [0.4, 0.5) is 29.1 Å². The summed E-state index contributed by atoms with van der Waals surface area (Å²) in [7, 11) is 1.55. The number of nitrogens with one attached hydrogen (secondary N) is 3. The fourth-order valence-electron chi connectivity index (χ4n) is 2.92. The molecule has 0 saturated carbocycles. The summed E-state index contributed by atoms with van der Waals surface area (Å²) in [6.07, 6.45) is 10.3. The topological polar surface area (TPSA) is 180 Å². The van der Waals surface area contributed by atoms with Crippen molar-refractivity contribution in [1.82, 2.24) is 39.7 Å². The summed E-state index contributed by atoms with van der Waals surface area (Å²) >= 11 is 0. The van der Waals surface area contributed by atoms with Crippen LogP contribution in [0.15, 0.2) is 47.4 Å². The van der Waals surface area contributed by atoms with Crippen molar-refractivity contribution in [1.29, 1.82) is 5.26 Å². The third-order valence-electron chi connectivity index (χ3n) is 4.80. The second-order valence-electron chi connectivity index (χ2n) is 7.33. The number of hydrogen-bond acceptors (Lipinski definition) is 12. The fraction of sp³-hybridized carbons (Fsp3) is 0.286. The number of ether oxygens (including phenoxy) is 1. The molecule has 0 spiro atoms. The van der Waals surface area contributed by atoms with Crippen LogP contribution in [-0.2, 0) is 11.3 Å². The number of imidazole rings is 1. The van der Waals surface area contributed by atoms with Crippen LogP contribution in [-0.4, -0.2) is 52.8 Å². The molecule has 1 atom stereocenters. The summed E-state index contributed by atoms with van der Waals surface area (Å²) in [5.74, 6) is 1.80. The Kier molecular flexibility index (Phi) is 7.28. The molecule has 0 aliphatic rings. The van der Waals surface area contributed by atoms with Gasteiger partial charge in [-0.3, -0.25) is 4.98 Å². The normalized spacial score (nSPS) is 11.9. The molecule has 0 bridgehead atoms. The number of methoxy groups -OCH3 is 1. The monoisotopic (exact) mass is 473 g/mol. The van der Waals surface area contributed by atoms with Crippen molar-refractivity contribution >= 4 is 29.1 Å². The van der Waals surface area contributed by atoms with E-state index in [0.717, 1.165) is 6.42 Å². The Morgan fingerprint density at radius 1 is 1.23 bits per heavy atom. The van der Waals surface area contributed by atoms with Crippen LogP contribution in [0.5, 0.6) is 0 Å². The molecule has 0 aromatic carbocycles. The summed E-state index contributed by atoms with van der Waals surface area (Å²) in [6, 6.07) is 2.16. The zero-order valence-corrected chi connectivity index (χ0v) is 19.3. The predicted molar refractivity (Wildman–Crippen MR) is 126 cm³/mol. The molecule has 35 heavy (non-hydrogen) atoms. The number of nitriles is 1. The SMILES string of the molecule is CCC(C)Nc1nc(Nc2cnccn2)nc(COC)c1N=Nc1nn(-c2ncc[nH]2)cc1C#N. The van der Waals surface area contributed by atoms with Gasteiger partial charge in [0.2, 0.25) is 17.7 Å². The van der Waals surface area contributed by atoms with E-state index in [9.17, 15) is 5.26 Å². The van der Waals surface area contributed by atoms with E-state index in [1.165, 1.54) is 10.9 Å². The average Bonchev–Trinajstić information content (AvgIpc) is 3.54. The highest BCUT2D eigenvalue weighted by Gasteiger charge is 2.18. The van der Waals surface area contributed by atoms with Crippen LogP contribution in [0.3, 0.4) is 0 Å². The van der Waals surface area contributed by atoms with Gasteiger partial charge in [-0.1, -0.05) is 6.92 Å². The summed E-state index contributed by atoms with van der Waals surface area (Å²) in [4.78, 5) is 24.4. The largest absolute Gasteiger partial charge is 0.378 e. The Labute approximate surface area is 200 Å². The number of aromatic nitrogens is 8. The van der Waals surface area contributed by atoms with E-state index >= 15 is 0 Å². The van der Waals surface area contributed by atoms with Crippen LogP contribution in [0.2, 0.25) is 0 Å². The van der Waals surface area contributed by atoms with Crippen molar-refractivity contribution in [2.24, 2.45) is 10.2 Å². The lowest BCUT2D eigenvalue weighted by molar-refractivity contribution is 0.182. The molecule has 1 unspecified atom stereocenters. The molecule has 4 aromatic rings. The Hall–Kier alpha value is -4.77. The molecule has 14 heteroatoms. The number of aromatic amines is 1. The smallest absolute Gasteiger partial charge is 0.230 e. The molecule has 14 nitrogen and oxygen atoms in total. The summed E-state index contributed by atoms with van der Waals surface area (Å²) < 4.78 is 6.77. The first-order chi connectivity index (χ1) is 17.1. The highest BCUT2D eigenvalue weighted by molar-refractivity contribution is 5.66. The Bertz CT molecular complexity index is 1330. The third-order valence-corrected chi connectivity index (χ3v) is 4.80. The van der Waals surface area contributed by atoms with E-state index in [2.05, 4.69) is 68.9 Å². The van der Waals surface area contributed by atoms with Gasteiger partial charge in [-0.25, -0.2) is 19.6 Å². The molecule has 0 amide bonds. The van der Waals surface area contributed by atoms with Gasteiger partial charge in [0.05, 0.1) is 19.0 Å². The molecule has 4 rings (SSSR count). The number of rotatable bonds is 10. The standard InChI is InChI=1S/C21H23N13O/c1-4-13(2)27-19-17(15(12-35-3)28-20(30-19)29-16-10-23-5-6-24-16)31-32-18-14(9-22)11-34(33-18)21-25-7-8-26-21/h5-8,10-11,13H,4,12H2,1-3H3,(H,25,26)(H2,24,27,28,29,30). The quantitative estimate of drug-likeness (QED) is 0.288. The van der Waals surface area contributed by atoms with Gasteiger partial charge in [0.15, 0.2) is 17.3 Å². The molecule has 0 aliphatic carbocycles. The van der Waals surface area contributed by atoms with Crippen molar-refractivity contribution in [2.75, 3.05) is 17.7 Å². The lowest BCUT2D eigenvalue weighted by atomic mass is 10.2. The van der Waals surface area contributed by atoms with Gasteiger partial charge >= 0.3 is 0 Å². The minimum absolute atomic E-state index is 0.0893. The van der Waals surface area contributed by atoms with Crippen molar-refractivity contribution in [3.05, 3.63) is 48.4 Å². The van der Waals surface area contributed by atoms with Crippen LogP contribution in [0, 0.1) is 11.3 Å². The van der Waals surface area contributed by atoms with E-state index in [1.807, 2.05) is 6.92 Å². The molecule has 0 fully saturated rings. The van der Waals surface area contributed by atoms with Crippen molar-refractivity contribution in [3.63, 3.8) is 0 Å². The fourth-order valence-corrected chi connectivity index (χ4v) is 2.92.